The number of anilines is 1. The van der Waals surface area contributed by atoms with Gasteiger partial charge in [-0.15, -0.1) is 0 Å². The molecule has 0 fully saturated rings. The number of hydrogen-bond acceptors (Lipinski definition) is 7. The number of nitrogens with zero attached hydrogens (tertiary/aromatic N) is 3. The fourth-order valence-electron chi connectivity index (χ4n) is 4.07. The molecule has 13 heteroatoms. The van der Waals surface area contributed by atoms with Crippen LogP contribution in [-0.2, 0) is 26.2 Å². The first-order valence-electron chi connectivity index (χ1n) is 11.7. The molecule has 0 spiro atoms. The predicted octanol–water partition coefficient (Wildman–Crippen LogP) is 2.26. The van der Waals surface area contributed by atoms with Crippen molar-refractivity contribution in [2.75, 3.05) is 31.5 Å². The molecular weight excluding hydrogens is 517 g/mol. The van der Waals surface area contributed by atoms with Crippen molar-refractivity contribution in [3.8, 4) is 0 Å². The molecule has 4 rings (SSSR count). The van der Waals surface area contributed by atoms with Crippen LogP contribution < -0.4 is 10.5 Å². The Morgan fingerprint density at radius 1 is 1.08 bits per heavy atom. The molecular formula is C25H28FN5O6S. The fourth-order valence-corrected chi connectivity index (χ4v) is 4.59. The summed E-state index contributed by atoms with van der Waals surface area (Å²) < 4.78 is 42.7. The molecule has 0 saturated heterocycles. The van der Waals surface area contributed by atoms with Gasteiger partial charge in [0.2, 0.25) is 15.9 Å². The second-order valence-corrected chi connectivity index (χ2v) is 11.7. The zero-order chi connectivity index (χ0) is 27.8. The van der Waals surface area contributed by atoms with E-state index < -0.39 is 38.2 Å². The molecule has 0 radical (unpaired) electrons. The van der Waals surface area contributed by atoms with Gasteiger partial charge in [-0.3, -0.25) is 14.6 Å². The Kier molecular flexibility index (Phi) is 7.26. The Morgan fingerprint density at radius 3 is 2.29 bits per heavy atom. The molecule has 202 valence electrons. The first-order chi connectivity index (χ1) is 17.7. The van der Waals surface area contributed by atoms with E-state index in [9.17, 15) is 27.2 Å². The number of aromatic nitrogens is 1. The van der Waals surface area contributed by atoms with Gasteiger partial charge >= 0.3 is 6.09 Å². The summed E-state index contributed by atoms with van der Waals surface area (Å²) in [6.45, 7) is 6.13. The second-order valence-electron chi connectivity index (χ2n) is 10.2. The molecule has 3 heterocycles. The van der Waals surface area contributed by atoms with Crippen molar-refractivity contribution in [1.82, 2.24) is 14.8 Å². The van der Waals surface area contributed by atoms with Crippen LogP contribution in [0.3, 0.4) is 0 Å². The lowest BCUT2D eigenvalue weighted by Crippen LogP contribution is -2.37. The second kappa shape index (κ2) is 10.1. The van der Waals surface area contributed by atoms with E-state index in [2.05, 4.69) is 10.3 Å². The maximum Gasteiger partial charge on any atom is 0.410 e. The average molecular weight is 546 g/mol. The third-order valence-corrected chi connectivity index (χ3v) is 7.13. The number of primary sulfonamides is 1. The normalized spacial score (nSPS) is 15.5. The molecule has 0 atom stereocenters. The van der Waals surface area contributed by atoms with Crippen molar-refractivity contribution in [3.05, 3.63) is 64.7 Å². The molecule has 3 amide bonds. The number of rotatable bonds is 5. The Labute approximate surface area is 219 Å². The molecule has 0 bridgehead atoms. The van der Waals surface area contributed by atoms with E-state index in [-0.39, 0.29) is 44.3 Å². The van der Waals surface area contributed by atoms with E-state index in [0.29, 0.717) is 11.4 Å². The Hall–Kier alpha value is -3.84. The summed E-state index contributed by atoms with van der Waals surface area (Å²) in [6, 6.07) is 6.26. The number of pyridine rings is 1. The molecule has 1 aromatic heterocycles. The highest BCUT2D eigenvalue weighted by Gasteiger charge is 2.35. The van der Waals surface area contributed by atoms with Crippen LogP contribution in [0.4, 0.5) is 14.9 Å². The van der Waals surface area contributed by atoms with E-state index in [4.69, 9.17) is 9.88 Å². The fraction of sp³-hybridized carbons (Fsp3) is 0.360. The summed E-state index contributed by atoms with van der Waals surface area (Å²) in [5.74, 6) is -1.77. The summed E-state index contributed by atoms with van der Waals surface area (Å²) in [7, 11) is -4.09. The van der Waals surface area contributed by atoms with Crippen LogP contribution in [0.15, 0.2) is 52.6 Å². The molecule has 0 unspecified atom stereocenters. The maximum absolute atomic E-state index is 14.4. The maximum atomic E-state index is 14.4. The molecule has 0 saturated carbocycles. The van der Waals surface area contributed by atoms with E-state index >= 15 is 0 Å². The topological polar surface area (TPSA) is 152 Å². The standard InChI is InChI=1S/C25H28FN5O6S/c1-25(2,3)23(33)29-20-5-4-8-28-21(20)14-37-24(34)31-12-15-10-30(11-16(15)13-31)22(32)18-7-6-17(9-19(18)26)38(27,35)36/h4-9H,10-14H2,1-3H3,(H,29,33)(H2,27,35,36). The van der Waals surface area contributed by atoms with Crippen molar-refractivity contribution in [1.29, 1.82) is 0 Å². The zero-order valence-corrected chi connectivity index (χ0v) is 22.0. The molecule has 2 aliphatic heterocycles. The summed E-state index contributed by atoms with van der Waals surface area (Å²) >= 11 is 0. The highest BCUT2D eigenvalue weighted by molar-refractivity contribution is 7.89. The van der Waals surface area contributed by atoms with Gasteiger partial charge in [0.05, 0.1) is 16.1 Å². The van der Waals surface area contributed by atoms with E-state index in [1.54, 1.807) is 39.1 Å². The molecule has 3 N–H and O–H groups in total. The highest BCUT2D eigenvalue weighted by Crippen LogP contribution is 2.28. The van der Waals surface area contributed by atoms with E-state index in [0.717, 1.165) is 29.3 Å². The van der Waals surface area contributed by atoms with Crippen molar-refractivity contribution < 1.29 is 31.9 Å². The number of carbonyl (C=O) groups is 3. The number of nitrogens with two attached hydrogens (primary N) is 1. The average Bonchev–Trinajstić information content (AvgIpc) is 3.41. The Balaban J connectivity index is 1.32. The summed E-state index contributed by atoms with van der Waals surface area (Å²) in [4.78, 5) is 44.6. The molecule has 1 aromatic carbocycles. The Bertz CT molecular complexity index is 1430. The number of sulfonamides is 1. The third kappa shape index (κ3) is 5.83. The van der Waals surface area contributed by atoms with Gasteiger partial charge in [0.1, 0.15) is 18.1 Å². The van der Waals surface area contributed by atoms with Gasteiger partial charge in [-0.1, -0.05) is 20.8 Å². The number of amides is 3. The molecule has 2 aromatic rings. The number of ether oxygens (including phenoxy) is 1. The minimum Gasteiger partial charge on any atom is -0.443 e. The smallest absolute Gasteiger partial charge is 0.410 e. The number of benzene rings is 1. The highest BCUT2D eigenvalue weighted by atomic mass is 32.2. The molecule has 38 heavy (non-hydrogen) atoms. The lowest BCUT2D eigenvalue weighted by atomic mass is 9.95. The van der Waals surface area contributed by atoms with E-state index in [1.165, 1.54) is 9.80 Å². The lowest BCUT2D eigenvalue weighted by Gasteiger charge is -2.23. The number of carbonyl (C=O) groups excluding carboxylic acids is 3. The summed E-state index contributed by atoms with van der Waals surface area (Å²) in [5.41, 5.74) is 1.70. The first kappa shape index (κ1) is 27.2. The van der Waals surface area contributed by atoms with E-state index in [1.807, 2.05) is 0 Å². The first-order valence-corrected chi connectivity index (χ1v) is 13.3. The van der Waals surface area contributed by atoms with Gasteiger partial charge in [0, 0.05) is 37.8 Å². The third-order valence-electron chi connectivity index (χ3n) is 6.22. The minimum atomic E-state index is -4.09. The Morgan fingerprint density at radius 2 is 1.71 bits per heavy atom. The summed E-state index contributed by atoms with van der Waals surface area (Å²) in [6.07, 6.45) is 0.972. The van der Waals surface area contributed by atoms with Gasteiger partial charge in [0.15, 0.2) is 0 Å². The van der Waals surface area contributed by atoms with Crippen LogP contribution in [0.5, 0.6) is 0 Å². The van der Waals surface area contributed by atoms with Crippen LogP contribution in [-0.4, -0.2) is 67.3 Å². The van der Waals surface area contributed by atoms with Crippen LogP contribution in [0.1, 0.15) is 36.8 Å². The quantitative estimate of drug-likeness (QED) is 0.547. The molecule has 0 aliphatic carbocycles. The van der Waals surface area contributed by atoms with Crippen molar-refractivity contribution in [2.24, 2.45) is 10.6 Å². The SMILES string of the molecule is CC(C)(C)C(=O)Nc1cccnc1COC(=O)N1CC2=C(C1)CN(C(=O)c1ccc(S(N)(=O)=O)cc1F)C2. The van der Waals surface area contributed by atoms with Gasteiger partial charge in [-0.2, -0.15) is 0 Å². The summed E-state index contributed by atoms with van der Waals surface area (Å²) in [5, 5.41) is 7.82. The largest absolute Gasteiger partial charge is 0.443 e. The number of hydrogen-bond donors (Lipinski definition) is 2. The van der Waals surface area contributed by atoms with Crippen LogP contribution in [0, 0.1) is 11.2 Å². The number of halogens is 1. The van der Waals surface area contributed by atoms with Crippen molar-refractivity contribution in [3.63, 3.8) is 0 Å². The predicted molar refractivity (Wildman–Crippen MR) is 135 cm³/mol. The number of nitrogens with one attached hydrogen (secondary N) is 1. The van der Waals surface area contributed by atoms with Crippen molar-refractivity contribution in [2.45, 2.75) is 32.3 Å². The van der Waals surface area contributed by atoms with Gasteiger partial charge < -0.3 is 19.9 Å². The minimum absolute atomic E-state index is 0.140. The lowest BCUT2D eigenvalue weighted by molar-refractivity contribution is -0.123. The monoisotopic (exact) mass is 545 g/mol. The van der Waals surface area contributed by atoms with Gasteiger partial charge in [0.25, 0.3) is 5.91 Å². The zero-order valence-electron chi connectivity index (χ0n) is 21.2. The van der Waals surface area contributed by atoms with Crippen LogP contribution >= 0.6 is 0 Å². The van der Waals surface area contributed by atoms with Crippen LogP contribution in [0.2, 0.25) is 0 Å². The molecule has 11 nitrogen and oxygen atoms in total. The molecule has 2 aliphatic rings. The van der Waals surface area contributed by atoms with Gasteiger partial charge in [-0.25, -0.2) is 22.7 Å². The van der Waals surface area contributed by atoms with Crippen molar-refractivity contribution >= 4 is 33.6 Å². The van der Waals surface area contributed by atoms with Crippen LogP contribution in [0.25, 0.3) is 0 Å². The van der Waals surface area contributed by atoms with Gasteiger partial charge in [-0.05, 0) is 41.5 Å².